The molecule has 0 radical (unpaired) electrons. The lowest BCUT2D eigenvalue weighted by Gasteiger charge is -2.05. The molecule has 0 bridgehead atoms. The fourth-order valence-electron chi connectivity index (χ4n) is 1.98. The molecule has 0 saturated heterocycles. The van der Waals surface area contributed by atoms with Gasteiger partial charge in [-0.25, -0.2) is 0 Å². The van der Waals surface area contributed by atoms with Crippen molar-refractivity contribution in [3.8, 4) is 0 Å². The number of para-hydroxylation sites is 2. The number of carbonyl (C=O) groups excluding carboxylic acids is 1. The van der Waals surface area contributed by atoms with E-state index in [2.05, 4.69) is 21.2 Å². The maximum Gasteiger partial charge on any atom is 0.293 e. The topological polar surface area (TPSA) is 68.3 Å². The minimum atomic E-state index is -0.370. The Hall–Kier alpha value is -2.27. The predicted molar refractivity (Wildman–Crippen MR) is 82.7 cm³/mol. The summed E-state index contributed by atoms with van der Waals surface area (Å²) >= 11 is 3.37. The highest BCUT2D eigenvalue weighted by atomic mass is 79.9. The van der Waals surface area contributed by atoms with Gasteiger partial charge in [-0.15, -0.1) is 0 Å². The van der Waals surface area contributed by atoms with Crippen LogP contribution in [0.4, 0.5) is 11.4 Å². The number of benzene rings is 2. The summed E-state index contributed by atoms with van der Waals surface area (Å²) < 4.78 is 6.31. The molecule has 1 aromatic heterocycles. The molecule has 0 saturated carbocycles. The average molecular weight is 331 g/mol. The average Bonchev–Trinajstić information content (AvgIpc) is 2.79. The SMILES string of the molecule is Nc1c(C(=O)Nc2ccccc2Br)oc2ccccc12. The summed E-state index contributed by atoms with van der Waals surface area (Å²) in [4.78, 5) is 12.3. The van der Waals surface area contributed by atoms with Crippen LogP contribution in [0.25, 0.3) is 11.0 Å². The molecule has 20 heavy (non-hydrogen) atoms. The number of nitrogen functional groups attached to an aromatic ring is 1. The molecule has 3 aromatic rings. The number of fused-ring (bicyclic) bond motifs is 1. The Balaban J connectivity index is 1.97. The van der Waals surface area contributed by atoms with Crippen LogP contribution in [0.1, 0.15) is 10.6 Å². The standard InChI is InChI=1S/C15H11BrN2O2/c16-10-6-2-3-7-11(10)18-15(19)14-13(17)9-5-1-4-8-12(9)20-14/h1-8H,17H2,(H,18,19). The van der Waals surface area contributed by atoms with E-state index in [1.54, 1.807) is 12.1 Å². The van der Waals surface area contributed by atoms with Gasteiger partial charge in [-0.2, -0.15) is 0 Å². The normalized spacial score (nSPS) is 10.7. The molecule has 5 heteroatoms. The molecule has 0 spiro atoms. The second-order valence-electron chi connectivity index (χ2n) is 4.27. The molecule has 2 aromatic carbocycles. The van der Waals surface area contributed by atoms with E-state index in [1.165, 1.54) is 0 Å². The second-order valence-corrected chi connectivity index (χ2v) is 5.13. The number of nitrogens with two attached hydrogens (primary N) is 1. The first-order valence-electron chi connectivity index (χ1n) is 5.99. The molecule has 0 aliphatic carbocycles. The number of hydrogen-bond acceptors (Lipinski definition) is 3. The smallest absolute Gasteiger partial charge is 0.293 e. The Morgan fingerprint density at radius 1 is 1.10 bits per heavy atom. The molecule has 1 amide bonds. The molecule has 0 fully saturated rings. The van der Waals surface area contributed by atoms with Gasteiger partial charge in [-0.05, 0) is 40.2 Å². The van der Waals surface area contributed by atoms with Gasteiger partial charge in [0.15, 0.2) is 0 Å². The zero-order valence-electron chi connectivity index (χ0n) is 10.4. The van der Waals surface area contributed by atoms with E-state index in [9.17, 15) is 4.79 Å². The summed E-state index contributed by atoms with van der Waals surface area (Å²) in [7, 11) is 0. The summed E-state index contributed by atoms with van der Waals surface area (Å²) in [5.41, 5.74) is 7.58. The molecule has 0 aliphatic heterocycles. The molecule has 0 unspecified atom stereocenters. The summed E-state index contributed by atoms with van der Waals surface area (Å²) in [6.45, 7) is 0. The summed E-state index contributed by atoms with van der Waals surface area (Å²) in [6.07, 6.45) is 0. The number of nitrogens with one attached hydrogen (secondary N) is 1. The van der Waals surface area contributed by atoms with Crippen molar-refractivity contribution in [1.29, 1.82) is 0 Å². The first kappa shape index (κ1) is 12.7. The number of anilines is 2. The molecule has 1 heterocycles. The zero-order valence-corrected chi connectivity index (χ0v) is 12.0. The maximum atomic E-state index is 12.3. The van der Waals surface area contributed by atoms with E-state index in [1.807, 2.05) is 36.4 Å². The van der Waals surface area contributed by atoms with Crippen LogP contribution < -0.4 is 11.1 Å². The van der Waals surface area contributed by atoms with Crippen LogP contribution in [0.15, 0.2) is 57.4 Å². The number of halogens is 1. The molecule has 4 nitrogen and oxygen atoms in total. The van der Waals surface area contributed by atoms with Gasteiger partial charge < -0.3 is 15.5 Å². The highest BCUT2D eigenvalue weighted by Gasteiger charge is 2.18. The minimum Gasteiger partial charge on any atom is -0.449 e. The van der Waals surface area contributed by atoms with Crippen molar-refractivity contribution < 1.29 is 9.21 Å². The van der Waals surface area contributed by atoms with Gasteiger partial charge in [0.05, 0.1) is 11.4 Å². The van der Waals surface area contributed by atoms with E-state index >= 15 is 0 Å². The van der Waals surface area contributed by atoms with Crippen LogP contribution in [0.5, 0.6) is 0 Å². The lowest BCUT2D eigenvalue weighted by molar-refractivity contribution is 0.1000. The zero-order chi connectivity index (χ0) is 14.1. The van der Waals surface area contributed by atoms with Gasteiger partial charge in [0.1, 0.15) is 5.58 Å². The number of rotatable bonds is 2. The Morgan fingerprint density at radius 3 is 2.55 bits per heavy atom. The van der Waals surface area contributed by atoms with Crippen LogP contribution in [-0.4, -0.2) is 5.91 Å². The Labute approximate surface area is 123 Å². The van der Waals surface area contributed by atoms with E-state index in [0.29, 0.717) is 17.0 Å². The van der Waals surface area contributed by atoms with Crippen molar-refractivity contribution in [3.05, 3.63) is 58.8 Å². The minimum absolute atomic E-state index is 0.127. The summed E-state index contributed by atoms with van der Waals surface area (Å²) in [6, 6.07) is 14.6. The lowest BCUT2D eigenvalue weighted by atomic mass is 10.2. The Morgan fingerprint density at radius 2 is 1.80 bits per heavy atom. The number of furan rings is 1. The maximum absolute atomic E-state index is 12.3. The molecular weight excluding hydrogens is 320 g/mol. The van der Waals surface area contributed by atoms with E-state index in [-0.39, 0.29) is 11.7 Å². The van der Waals surface area contributed by atoms with E-state index in [4.69, 9.17) is 10.2 Å². The molecular formula is C15H11BrN2O2. The fourth-order valence-corrected chi connectivity index (χ4v) is 2.36. The van der Waals surface area contributed by atoms with Gasteiger partial charge in [0, 0.05) is 9.86 Å². The molecule has 3 N–H and O–H groups in total. The lowest BCUT2D eigenvalue weighted by Crippen LogP contribution is -2.13. The van der Waals surface area contributed by atoms with Crippen molar-refractivity contribution >= 4 is 44.2 Å². The van der Waals surface area contributed by atoms with Crippen molar-refractivity contribution in [3.63, 3.8) is 0 Å². The summed E-state index contributed by atoms with van der Waals surface area (Å²) in [5.74, 6) is -0.243. The monoisotopic (exact) mass is 330 g/mol. The van der Waals surface area contributed by atoms with Gasteiger partial charge in [-0.1, -0.05) is 24.3 Å². The number of amides is 1. The number of carbonyl (C=O) groups is 1. The van der Waals surface area contributed by atoms with Gasteiger partial charge in [0.25, 0.3) is 5.91 Å². The van der Waals surface area contributed by atoms with E-state index < -0.39 is 0 Å². The highest BCUT2D eigenvalue weighted by molar-refractivity contribution is 9.10. The summed E-state index contributed by atoms with van der Waals surface area (Å²) in [5, 5.41) is 3.51. The predicted octanol–water partition coefficient (Wildman–Crippen LogP) is 4.03. The third kappa shape index (κ3) is 2.16. The molecule has 100 valence electrons. The Bertz CT molecular complexity index is 795. The van der Waals surface area contributed by atoms with E-state index in [0.717, 1.165) is 9.86 Å². The van der Waals surface area contributed by atoms with Crippen molar-refractivity contribution in [2.45, 2.75) is 0 Å². The number of hydrogen-bond donors (Lipinski definition) is 2. The van der Waals surface area contributed by atoms with Crippen LogP contribution in [-0.2, 0) is 0 Å². The third-order valence-electron chi connectivity index (χ3n) is 2.96. The third-order valence-corrected chi connectivity index (χ3v) is 3.65. The highest BCUT2D eigenvalue weighted by Crippen LogP contribution is 2.29. The fraction of sp³-hybridized carbons (Fsp3) is 0. The first-order chi connectivity index (χ1) is 9.66. The largest absolute Gasteiger partial charge is 0.449 e. The Kier molecular flexibility index (Phi) is 3.20. The molecule has 0 aliphatic rings. The first-order valence-corrected chi connectivity index (χ1v) is 6.79. The van der Waals surface area contributed by atoms with Crippen molar-refractivity contribution in [2.75, 3.05) is 11.1 Å². The quantitative estimate of drug-likeness (QED) is 0.745. The van der Waals surface area contributed by atoms with Gasteiger partial charge >= 0.3 is 0 Å². The second kappa shape index (κ2) is 5.02. The van der Waals surface area contributed by atoms with Crippen LogP contribution in [0.3, 0.4) is 0 Å². The van der Waals surface area contributed by atoms with Gasteiger partial charge in [0.2, 0.25) is 5.76 Å². The van der Waals surface area contributed by atoms with Crippen LogP contribution in [0, 0.1) is 0 Å². The molecule has 3 rings (SSSR count). The molecule has 0 atom stereocenters. The van der Waals surface area contributed by atoms with Gasteiger partial charge in [-0.3, -0.25) is 4.79 Å². The van der Waals surface area contributed by atoms with Crippen molar-refractivity contribution in [1.82, 2.24) is 0 Å². The van der Waals surface area contributed by atoms with Crippen LogP contribution in [0.2, 0.25) is 0 Å². The van der Waals surface area contributed by atoms with Crippen molar-refractivity contribution in [2.24, 2.45) is 0 Å². The van der Waals surface area contributed by atoms with Crippen LogP contribution >= 0.6 is 15.9 Å².